The van der Waals surface area contributed by atoms with Crippen LogP contribution >= 0.6 is 0 Å². The van der Waals surface area contributed by atoms with Crippen molar-refractivity contribution < 1.29 is 23.8 Å². The summed E-state index contributed by atoms with van der Waals surface area (Å²) >= 11 is 0. The summed E-state index contributed by atoms with van der Waals surface area (Å²) in [5.41, 5.74) is 0. The van der Waals surface area contributed by atoms with Gasteiger partial charge in [-0.3, -0.25) is 0 Å². The molecule has 0 aliphatic carbocycles. The second kappa shape index (κ2) is 7.33. The van der Waals surface area contributed by atoms with Gasteiger partial charge in [-0.2, -0.15) is 0 Å². The molecular formula is C18H40O5Si2. The molecule has 5 atom stereocenters. The molecule has 1 aliphatic heterocycles. The molecular weight excluding hydrogens is 352 g/mol. The van der Waals surface area contributed by atoms with Gasteiger partial charge in [0.05, 0.1) is 6.10 Å². The predicted molar refractivity (Wildman–Crippen MR) is 107 cm³/mol. The first-order valence-electron chi connectivity index (χ1n) is 9.28. The van der Waals surface area contributed by atoms with Crippen molar-refractivity contribution in [3.8, 4) is 0 Å². The molecule has 0 unspecified atom stereocenters. The van der Waals surface area contributed by atoms with E-state index in [1.807, 2.05) is 0 Å². The van der Waals surface area contributed by atoms with Crippen LogP contribution in [0, 0.1) is 0 Å². The van der Waals surface area contributed by atoms with Gasteiger partial charge >= 0.3 is 0 Å². The van der Waals surface area contributed by atoms with Crippen molar-refractivity contribution >= 4 is 16.6 Å². The fraction of sp³-hybridized carbons (Fsp3) is 1.00. The zero-order chi connectivity index (χ0) is 20.0. The van der Waals surface area contributed by atoms with Crippen LogP contribution in [0.15, 0.2) is 0 Å². The second-order valence-electron chi connectivity index (χ2n) is 10.4. The number of hydrogen-bond acceptors (Lipinski definition) is 5. The topological polar surface area (TPSA) is 68.2 Å². The molecule has 1 rings (SSSR count). The van der Waals surface area contributed by atoms with Crippen molar-refractivity contribution in [2.75, 3.05) is 0 Å². The van der Waals surface area contributed by atoms with E-state index < -0.39 is 47.3 Å². The Bertz CT molecular complexity index is 453. The van der Waals surface area contributed by atoms with Crippen LogP contribution in [0.1, 0.15) is 48.5 Å². The molecule has 0 radical (unpaired) electrons. The summed E-state index contributed by atoms with van der Waals surface area (Å²) in [7, 11) is -4.31. The Labute approximate surface area is 156 Å². The quantitative estimate of drug-likeness (QED) is 0.711. The Kier molecular flexibility index (Phi) is 6.83. The fourth-order valence-electron chi connectivity index (χ4n) is 2.30. The normalized spacial score (nSPS) is 32.8. The van der Waals surface area contributed by atoms with Crippen LogP contribution in [0.25, 0.3) is 0 Å². The third kappa shape index (κ3) is 5.15. The van der Waals surface area contributed by atoms with E-state index in [1.54, 1.807) is 6.92 Å². The van der Waals surface area contributed by atoms with E-state index in [-0.39, 0.29) is 10.1 Å². The Balaban J connectivity index is 3.17. The van der Waals surface area contributed by atoms with Gasteiger partial charge < -0.3 is 23.8 Å². The number of aliphatic hydroxyl groups is 2. The molecule has 0 bridgehead atoms. The lowest BCUT2D eigenvalue weighted by Crippen LogP contribution is -2.64. The lowest BCUT2D eigenvalue weighted by molar-refractivity contribution is -0.270. The molecule has 0 saturated carbocycles. The van der Waals surface area contributed by atoms with Crippen molar-refractivity contribution in [1.82, 2.24) is 0 Å². The highest BCUT2D eigenvalue weighted by atomic mass is 28.4. The fourth-order valence-corrected chi connectivity index (χ4v) is 4.89. The maximum atomic E-state index is 10.8. The van der Waals surface area contributed by atoms with Gasteiger partial charge in [0, 0.05) is 0 Å². The Morgan fingerprint density at radius 2 is 1.12 bits per heavy atom. The minimum atomic E-state index is -2.16. The smallest absolute Gasteiger partial charge is 0.192 e. The van der Waals surface area contributed by atoms with Crippen LogP contribution in [-0.2, 0) is 13.6 Å². The van der Waals surface area contributed by atoms with Gasteiger partial charge in [-0.25, -0.2) is 0 Å². The molecule has 7 heteroatoms. The molecule has 2 N–H and O–H groups in total. The average Bonchev–Trinajstić information content (AvgIpc) is 2.37. The SMILES string of the molecule is C[C@H]1O[C@H](O)[C@H](O[Si](C)(C)C(C)(C)C)[C@@H](O[Si](C)(C)C(C)(C)C)[C@@H]1O. The molecule has 0 aromatic rings. The van der Waals surface area contributed by atoms with E-state index >= 15 is 0 Å². The van der Waals surface area contributed by atoms with Crippen LogP contribution in [-0.4, -0.2) is 57.6 Å². The van der Waals surface area contributed by atoms with Crippen molar-refractivity contribution in [3.63, 3.8) is 0 Å². The van der Waals surface area contributed by atoms with Crippen molar-refractivity contribution in [2.45, 2.75) is 115 Å². The predicted octanol–water partition coefficient (Wildman–Crippen LogP) is 3.87. The van der Waals surface area contributed by atoms with E-state index in [0.717, 1.165) is 0 Å². The zero-order valence-electron chi connectivity index (χ0n) is 18.0. The van der Waals surface area contributed by atoms with Crippen molar-refractivity contribution in [3.05, 3.63) is 0 Å². The van der Waals surface area contributed by atoms with Gasteiger partial charge in [-0.1, -0.05) is 41.5 Å². The van der Waals surface area contributed by atoms with Gasteiger partial charge in [0.15, 0.2) is 22.9 Å². The highest BCUT2D eigenvalue weighted by Crippen LogP contribution is 2.42. The Morgan fingerprint density at radius 1 is 0.760 bits per heavy atom. The third-order valence-corrected chi connectivity index (χ3v) is 15.2. The van der Waals surface area contributed by atoms with E-state index in [0.29, 0.717) is 0 Å². The standard InChI is InChI=1S/C18H40O5Si2/c1-12-13(19)14(22-24(8,9)17(2,3)4)15(16(20)21-12)23-25(10,11)18(5,6)7/h12-16,19-20H,1-11H3/t12-,13-,14+,15-,16+/m1/s1. The maximum absolute atomic E-state index is 10.8. The summed E-state index contributed by atoms with van der Waals surface area (Å²) in [5, 5.41) is 21.3. The first-order chi connectivity index (χ1) is 10.9. The minimum absolute atomic E-state index is 0.000732. The second-order valence-corrected chi connectivity index (χ2v) is 19.9. The van der Waals surface area contributed by atoms with Crippen molar-refractivity contribution in [2.24, 2.45) is 0 Å². The molecule has 0 aromatic carbocycles. The van der Waals surface area contributed by atoms with Gasteiger partial charge in [0.2, 0.25) is 0 Å². The molecule has 0 spiro atoms. The maximum Gasteiger partial charge on any atom is 0.192 e. The summed E-state index contributed by atoms with van der Waals surface area (Å²) in [6, 6.07) is 0. The molecule has 1 heterocycles. The lowest BCUT2D eigenvalue weighted by Gasteiger charge is -2.50. The van der Waals surface area contributed by atoms with E-state index in [1.165, 1.54) is 0 Å². The van der Waals surface area contributed by atoms with Crippen LogP contribution in [0.2, 0.25) is 36.3 Å². The number of ether oxygens (including phenoxy) is 1. The van der Waals surface area contributed by atoms with Crippen LogP contribution < -0.4 is 0 Å². The first-order valence-corrected chi connectivity index (χ1v) is 15.1. The molecule has 1 aliphatic rings. The third-order valence-electron chi connectivity index (χ3n) is 6.25. The first kappa shape index (κ1) is 23.3. The van der Waals surface area contributed by atoms with E-state index in [4.69, 9.17) is 13.6 Å². The largest absolute Gasteiger partial charge is 0.408 e. The summed E-state index contributed by atoms with van der Waals surface area (Å²) in [4.78, 5) is 0. The monoisotopic (exact) mass is 392 g/mol. The highest BCUT2D eigenvalue weighted by Gasteiger charge is 2.52. The number of hydrogen-bond donors (Lipinski definition) is 2. The summed E-state index contributed by atoms with van der Waals surface area (Å²) in [5.74, 6) is 0. The summed E-state index contributed by atoms with van der Waals surface area (Å²) < 4.78 is 18.5. The van der Waals surface area contributed by atoms with Crippen LogP contribution in [0.3, 0.4) is 0 Å². The van der Waals surface area contributed by atoms with Crippen molar-refractivity contribution in [1.29, 1.82) is 0 Å². The van der Waals surface area contributed by atoms with Crippen LogP contribution in [0.5, 0.6) is 0 Å². The molecule has 0 amide bonds. The Morgan fingerprint density at radius 3 is 1.48 bits per heavy atom. The molecule has 5 nitrogen and oxygen atoms in total. The Hall–Kier alpha value is 0.234. The summed E-state index contributed by atoms with van der Waals surface area (Å²) in [6.45, 7) is 23.3. The number of rotatable bonds is 4. The van der Waals surface area contributed by atoms with Gasteiger partial charge in [-0.15, -0.1) is 0 Å². The zero-order valence-corrected chi connectivity index (χ0v) is 20.0. The molecule has 0 aromatic heterocycles. The molecule has 150 valence electrons. The minimum Gasteiger partial charge on any atom is -0.408 e. The van der Waals surface area contributed by atoms with E-state index in [9.17, 15) is 10.2 Å². The summed E-state index contributed by atoms with van der Waals surface area (Å²) in [6.07, 6.45) is -3.69. The lowest BCUT2D eigenvalue weighted by atomic mass is 10.0. The number of aliphatic hydroxyl groups excluding tert-OH is 2. The van der Waals surface area contributed by atoms with Gasteiger partial charge in [0.25, 0.3) is 0 Å². The van der Waals surface area contributed by atoms with Crippen LogP contribution in [0.4, 0.5) is 0 Å². The molecule has 1 fully saturated rings. The highest BCUT2D eigenvalue weighted by molar-refractivity contribution is 6.74. The van der Waals surface area contributed by atoms with E-state index in [2.05, 4.69) is 67.7 Å². The molecule has 1 saturated heterocycles. The van der Waals surface area contributed by atoms with Gasteiger partial charge in [0.1, 0.15) is 18.3 Å². The average molecular weight is 393 g/mol. The molecule has 25 heavy (non-hydrogen) atoms. The van der Waals surface area contributed by atoms with Gasteiger partial charge in [-0.05, 0) is 43.2 Å².